The van der Waals surface area contributed by atoms with Crippen LogP contribution in [0, 0.1) is 5.41 Å². The molecular weight excluding hydrogens is 504 g/mol. The smallest absolute Gasteiger partial charge is 0.343 e. The van der Waals surface area contributed by atoms with Gasteiger partial charge >= 0.3 is 11.9 Å². The van der Waals surface area contributed by atoms with Gasteiger partial charge in [-0.1, -0.05) is 12.1 Å². The number of likely N-dealkylation sites (tertiary alicyclic amines) is 1. The number of nitrogens with two attached hydrogens (primary N) is 1. The monoisotopic (exact) mass is 534 g/mol. The first kappa shape index (κ1) is 29.3. The third-order valence-electron chi connectivity index (χ3n) is 5.14. The van der Waals surface area contributed by atoms with Crippen molar-refractivity contribution in [2.75, 3.05) is 31.3 Å². The second kappa shape index (κ2) is 13.4. The molecule has 1 amide bonds. The summed E-state index contributed by atoms with van der Waals surface area (Å²) in [6, 6.07) is 12.9. The van der Waals surface area contributed by atoms with Crippen LogP contribution in [0.4, 0.5) is 5.69 Å². The van der Waals surface area contributed by atoms with Crippen LogP contribution in [0.2, 0.25) is 0 Å². The van der Waals surface area contributed by atoms with Crippen LogP contribution in [0.1, 0.15) is 41.6 Å². The van der Waals surface area contributed by atoms with E-state index in [9.17, 15) is 22.8 Å². The molecule has 13 heteroatoms. The van der Waals surface area contributed by atoms with E-state index in [-0.39, 0.29) is 18.5 Å². The van der Waals surface area contributed by atoms with Gasteiger partial charge in [-0.05, 0) is 61.7 Å². The Morgan fingerprint density at radius 2 is 1.62 bits per heavy atom. The van der Waals surface area contributed by atoms with E-state index in [0.29, 0.717) is 41.9 Å². The third-order valence-corrected chi connectivity index (χ3v) is 5.14. The molecule has 1 heterocycles. The van der Waals surface area contributed by atoms with Crippen molar-refractivity contribution in [3.63, 3.8) is 0 Å². The summed E-state index contributed by atoms with van der Waals surface area (Å²) in [6.07, 6.45) is 2.68. The number of anilines is 1. The molecule has 1 atom stereocenters. The zero-order valence-corrected chi connectivity index (χ0v) is 21.3. The molecule has 2 aromatic rings. The minimum atomic E-state index is -3.67. The highest BCUT2D eigenvalue weighted by Gasteiger charge is 2.22. The molecule has 3 rings (SSSR count). The van der Waals surface area contributed by atoms with Crippen molar-refractivity contribution >= 4 is 39.6 Å². The molecule has 1 saturated heterocycles. The van der Waals surface area contributed by atoms with Crippen LogP contribution >= 0.6 is 0 Å². The van der Waals surface area contributed by atoms with Crippen molar-refractivity contribution in [2.45, 2.75) is 25.7 Å². The van der Waals surface area contributed by atoms with Gasteiger partial charge in [0.2, 0.25) is 0 Å². The number of carbonyl (C=O) groups excluding carboxylic acids is 3. The molecule has 0 bridgehead atoms. The molecule has 2 aromatic carbocycles. The standard InChI is InChI=1S/C23H26N4O5.CH4O3S/c1-15(21(29)31-14-20(28)27-12-2-3-13-27)16-6-10-19(11-7-16)32-22(30)17-4-8-18(9-5-17)26-23(24)25;1-5(2,3)4/h4-11,15H,2-3,12-14H2,1H3,(H4,24,25,26);1H3,(H,2,3,4). The highest BCUT2D eigenvalue weighted by atomic mass is 32.2. The Morgan fingerprint density at radius 1 is 1.08 bits per heavy atom. The van der Waals surface area contributed by atoms with E-state index in [1.165, 1.54) is 0 Å². The van der Waals surface area contributed by atoms with Crippen molar-refractivity contribution in [2.24, 2.45) is 5.73 Å². The van der Waals surface area contributed by atoms with Crippen LogP contribution in [0.15, 0.2) is 48.5 Å². The zero-order valence-electron chi connectivity index (χ0n) is 20.5. The van der Waals surface area contributed by atoms with Crippen LogP contribution < -0.4 is 15.8 Å². The van der Waals surface area contributed by atoms with Gasteiger partial charge in [-0.15, -0.1) is 0 Å². The number of benzene rings is 2. The maximum atomic E-state index is 12.3. The first-order valence-corrected chi connectivity index (χ1v) is 13.1. The number of esters is 2. The Kier molecular flexibility index (Phi) is 10.6. The van der Waals surface area contributed by atoms with Crippen LogP contribution in [-0.2, 0) is 24.4 Å². The fraction of sp³-hybridized carbons (Fsp3) is 0.333. The van der Waals surface area contributed by atoms with Gasteiger partial charge in [-0.25, -0.2) is 4.79 Å². The topological polar surface area (TPSA) is 189 Å². The SMILES string of the molecule is CC(C(=O)OCC(=O)N1CCCC1)c1ccc(OC(=O)c2ccc(NC(=N)N)cc2)cc1.CS(=O)(=O)O. The summed E-state index contributed by atoms with van der Waals surface area (Å²) in [5, 5.41) is 9.82. The number of hydrogen-bond donors (Lipinski definition) is 4. The average Bonchev–Trinajstić information content (AvgIpc) is 3.36. The molecule has 1 fully saturated rings. The number of ether oxygens (including phenoxy) is 2. The molecule has 12 nitrogen and oxygen atoms in total. The number of carbonyl (C=O) groups is 3. The molecule has 1 aliphatic heterocycles. The second-order valence-electron chi connectivity index (χ2n) is 8.22. The quantitative estimate of drug-likeness (QED) is 0.134. The van der Waals surface area contributed by atoms with Gasteiger partial charge in [0.15, 0.2) is 12.6 Å². The average molecular weight is 535 g/mol. The number of guanidine groups is 1. The highest BCUT2D eigenvalue weighted by molar-refractivity contribution is 7.85. The maximum absolute atomic E-state index is 12.3. The van der Waals surface area contributed by atoms with Crippen LogP contribution in [-0.4, -0.2) is 67.6 Å². The number of hydrogen-bond acceptors (Lipinski definition) is 8. The van der Waals surface area contributed by atoms with Gasteiger partial charge in [0.25, 0.3) is 16.0 Å². The lowest BCUT2D eigenvalue weighted by molar-refractivity contribution is -0.152. The molecule has 0 aliphatic carbocycles. The molecule has 1 unspecified atom stereocenters. The van der Waals surface area contributed by atoms with Crippen LogP contribution in [0.5, 0.6) is 5.75 Å². The summed E-state index contributed by atoms with van der Waals surface area (Å²) >= 11 is 0. The van der Waals surface area contributed by atoms with Gasteiger partial charge < -0.3 is 25.4 Å². The molecule has 1 aliphatic rings. The summed E-state index contributed by atoms with van der Waals surface area (Å²) < 4.78 is 36.4. The zero-order chi connectivity index (χ0) is 27.6. The first-order valence-electron chi connectivity index (χ1n) is 11.2. The summed E-state index contributed by atoms with van der Waals surface area (Å²) in [5.41, 5.74) is 6.87. The lowest BCUT2D eigenvalue weighted by Gasteiger charge is -2.16. The molecule has 5 N–H and O–H groups in total. The normalized spacial score (nSPS) is 13.5. The number of amides is 1. The van der Waals surface area contributed by atoms with Crippen molar-refractivity contribution in [3.05, 3.63) is 59.7 Å². The third kappa shape index (κ3) is 10.7. The van der Waals surface area contributed by atoms with Gasteiger partial charge in [0, 0.05) is 18.8 Å². The predicted molar refractivity (Wildman–Crippen MR) is 136 cm³/mol. The largest absolute Gasteiger partial charge is 0.455 e. The maximum Gasteiger partial charge on any atom is 0.343 e. The van der Waals surface area contributed by atoms with E-state index in [4.69, 9.17) is 25.2 Å². The van der Waals surface area contributed by atoms with E-state index in [1.807, 2.05) is 0 Å². The Labute approximate surface area is 215 Å². The van der Waals surface area contributed by atoms with Gasteiger partial charge in [0.05, 0.1) is 17.7 Å². The Morgan fingerprint density at radius 3 is 2.14 bits per heavy atom. The van der Waals surface area contributed by atoms with Crippen molar-refractivity contribution in [3.8, 4) is 5.75 Å². The Hall–Kier alpha value is -3.97. The van der Waals surface area contributed by atoms with Crippen molar-refractivity contribution in [1.82, 2.24) is 4.90 Å². The lowest BCUT2D eigenvalue weighted by Crippen LogP contribution is -2.32. The van der Waals surface area contributed by atoms with Crippen LogP contribution in [0.25, 0.3) is 0 Å². The molecular formula is C24H30N4O8S. The molecule has 37 heavy (non-hydrogen) atoms. The lowest BCUT2D eigenvalue weighted by atomic mass is 10.0. The van der Waals surface area contributed by atoms with E-state index in [2.05, 4.69) is 5.32 Å². The molecule has 200 valence electrons. The van der Waals surface area contributed by atoms with Crippen LogP contribution in [0.3, 0.4) is 0 Å². The fourth-order valence-electron chi connectivity index (χ4n) is 3.29. The second-order valence-corrected chi connectivity index (χ2v) is 9.69. The predicted octanol–water partition coefficient (Wildman–Crippen LogP) is 1.98. The molecule has 0 spiro atoms. The fourth-order valence-corrected chi connectivity index (χ4v) is 3.29. The molecule has 0 saturated carbocycles. The number of rotatable bonds is 7. The van der Waals surface area contributed by atoms with Crippen molar-refractivity contribution < 1.29 is 36.8 Å². The highest BCUT2D eigenvalue weighted by Crippen LogP contribution is 2.22. The Balaban J connectivity index is 0.000000877. The van der Waals surface area contributed by atoms with E-state index < -0.39 is 28.0 Å². The van der Waals surface area contributed by atoms with E-state index in [1.54, 1.807) is 60.4 Å². The van der Waals surface area contributed by atoms with Gasteiger partial charge in [0.1, 0.15) is 5.75 Å². The summed E-state index contributed by atoms with van der Waals surface area (Å²) in [6.45, 7) is 2.87. The van der Waals surface area contributed by atoms with E-state index >= 15 is 0 Å². The van der Waals surface area contributed by atoms with E-state index in [0.717, 1.165) is 12.8 Å². The minimum Gasteiger partial charge on any atom is -0.455 e. The summed E-state index contributed by atoms with van der Waals surface area (Å²) in [5.74, 6) is -1.63. The summed E-state index contributed by atoms with van der Waals surface area (Å²) in [4.78, 5) is 38.3. The molecule has 0 radical (unpaired) electrons. The first-order chi connectivity index (χ1) is 17.3. The van der Waals surface area contributed by atoms with Gasteiger partial charge in [-0.2, -0.15) is 8.42 Å². The number of nitrogens with zero attached hydrogens (tertiary/aromatic N) is 1. The Bertz CT molecular complexity index is 1200. The molecule has 0 aromatic heterocycles. The van der Waals surface area contributed by atoms with Crippen molar-refractivity contribution in [1.29, 1.82) is 5.41 Å². The van der Waals surface area contributed by atoms with Gasteiger partial charge in [-0.3, -0.25) is 19.6 Å². The minimum absolute atomic E-state index is 0.171. The number of nitrogens with one attached hydrogen (secondary N) is 2. The summed E-state index contributed by atoms with van der Waals surface area (Å²) in [7, 11) is -3.67.